The van der Waals surface area contributed by atoms with Crippen molar-refractivity contribution in [2.45, 2.75) is 18.3 Å². The van der Waals surface area contributed by atoms with Crippen LogP contribution in [0.2, 0.25) is 0 Å². The number of ether oxygens (including phenoxy) is 2. The normalized spacial score (nSPS) is 25.4. The standard InChI is InChI=1S/C21H16NO3/c23-20-21(15-4-1-2-5-17(15)22-20)11-12-8-13(12)14-9-18-19(10-16(14)21)25-7-3-6-24-18/h1-2,4-5,8-10H,3,6-7,11H2,(H,22,23). The first-order chi connectivity index (χ1) is 12.3. The van der Waals surface area contributed by atoms with E-state index in [1.165, 1.54) is 11.5 Å². The zero-order valence-corrected chi connectivity index (χ0v) is 13.6. The predicted molar refractivity (Wildman–Crippen MR) is 93.7 cm³/mol. The summed E-state index contributed by atoms with van der Waals surface area (Å²) in [6.07, 6.45) is 3.78. The van der Waals surface area contributed by atoms with Gasteiger partial charge in [-0.25, -0.2) is 0 Å². The fourth-order valence-corrected chi connectivity index (χ4v) is 4.46. The lowest BCUT2D eigenvalue weighted by atomic mass is 9.66. The second-order valence-corrected chi connectivity index (χ2v) is 7.06. The van der Waals surface area contributed by atoms with Gasteiger partial charge in [0.15, 0.2) is 11.5 Å². The van der Waals surface area contributed by atoms with Crippen LogP contribution in [0.3, 0.4) is 0 Å². The molecule has 0 aromatic heterocycles. The third kappa shape index (κ3) is 1.64. The third-order valence-electron chi connectivity index (χ3n) is 5.70. The number of rotatable bonds is 0. The summed E-state index contributed by atoms with van der Waals surface area (Å²) in [6.45, 7) is 1.30. The van der Waals surface area contributed by atoms with Crippen LogP contribution in [0.25, 0.3) is 5.57 Å². The topological polar surface area (TPSA) is 47.6 Å². The number of nitrogens with one attached hydrogen (secondary N) is 1. The highest BCUT2D eigenvalue weighted by molar-refractivity contribution is 6.13. The minimum atomic E-state index is -0.664. The fourth-order valence-electron chi connectivity index (χ4n) is 4.46. The van der Waals surface area contributed by atoms with Gasteiger partial charge in [0.2, 0.25) is 5.91 Å². The van der Waals surface area contributed by atoms with E-state index in [1.807, 2.05) is 24.3 Å². The van der Waals surface area contributed by atoms with E-state index < -0.39 is 5.41 Å². The average molecular weight is 330 g/mol. The Labute approximate surface area is 145 Å². The number of allylic oxidation sites excluding steroid dienone is 2. The molecule has 4 heteroatoms. The molecule has 0 fully saturated rings. The Bertz CT molecular complexity index is 977. The summed E-state index contributed by atoms with van der Waals surface area (Å²) in [5, 5.41) is 3.08. The minimum absolute atomic E-state index is 0.0521. The highest BCUT2D eigenvalue weighted by Crippen LogP contribution is 2.61. The van der Waals surface area contributed by atoms with Gasteiger partial charge in [0, 0.05) is 18.0 Å². The van der Waals surface area contributed by atoms with E-state index in [2.05, 4.69) is 23.5 Å². The predicted octanol–water partition coefficient (Wildman–Crippen LogP) is 3.46. The molecule has 4 aliphatic rings. The molecule has 123 valence electrons. The van der Waals surface area contributed by atoms with Crippen molar-refractivity contribution in [3.05, 3.63) is 65.1 Å². The largest absolute Gasteiger partial charge is 0.490 e. The molecule has 2 aromatic carbocycles. The number of amides is 1. The number of carbonyl (C=O) groups excluding carboxylic acids is 1. The van der Waals surface area contributed by atoms with Crippen LogP contribution in [0, 0.1) is 5.92 Å². The zero-order chi connectivity index (χ0) is 16.6. The van der Waals surface area contributed by atoms with E-state index in [-0.39, 0.29) is 5.91 Å². The molecule has 2 aromatic rings. The summed E-state index contributed by atoms with van der Waals surface area (Å²) in [4.78, 5) is 13.2. The van der Waals surface area contributed by atoms with Crippen molar-refractivity contribution in [2.24, 2.45) is 0 Å². The average Bonchev–Trinajstić information content (AvgIpc) is 3.38. The Morgan fingerprint density at radius 1 is 1.00 bits per heavy atom. The Hall–Kier alpha value is -2.75. The first-order valence-corrected chi connectivity index (χ1v) is 8.71. The van der Waals surface area contributed by atoms with Crippen molar-refractivity contribution < 1.29 is 14.3 Å². The van der Waals surface area contributed by atoms with Gasteiger partial charge in [-0.15, -0.1) is 0 Å². The number of benzene rings is 2. The molecule has 2 aliphatic carbocycles. The molecule has 4 nitrogen and oxygen atoms in total. The SMILES string of the molecule is O=C1Nc2ccccc2C12C[C]1C=C1c1cc3c(cc12)OCCCO3. The highest BCUT2D eigenvalue weighted by Gasteiger charge is 2.56. The lowest BCUT2D eigenvalue weighted by Gasteiger charge is -2.34. The van der Waals surface area contributed by atoms with Crippen LogP contribution in [0.15, 0.2) is 42.5 Å². The van der Waals surface area contributed by atoms with Gasteiger partial charge in [-0.1, -0.05) is 24.3 Å². The van der Waals surface area contributed by atoms with E-state index in [4.69, 9.17) is 9.47 Å². The second-order valence-electron chi connectivity index (χ2n) is 7.06. The summed E-state index contributed by atoms with van der Waals surface area (Å²) < 4.78 is 11.8. The molecule has 1 N–H and O–H groups in total. The van der Waals surface area contributed by atoms with Gasteiger partial charge >= 0.3 is 0 Å². The summed E-state index contributed by atoms with van der Waals surface area (Å²) in [7, 11) is 0. The fraction of sp³-hybridized carbons (Fsp3) is 0.238. The van der Waals surface area contributed by atoms with Crippen LogP contribution in [0.5, 0.6) is 11.5 Å². The maximum absolute atomic E-state index is 13.2. The van der Waals surface area contributed by atoms with Crippen molar-refractivity contribution in [3.63, 3.8) is 0 Å². The molecule has 0 saturated carbocycles. The van der Waals surface area contributed by atoms with Gasteiger partial charge in [0.25, 0.3) is 0 Å². The van der Waals surface area contributed by atoms with E-state index in [0.717, 1.165) is 46.7 Å². The molecular weight excluding hydrogens is 314 g/mol. The van der Waals surface area contributed by atoms with E-state index in [1.54, 1.807) is 0 Å². The molecule has 6 rings (SSSR count). The van der Waals surface area contributed by atoms with Crippen molar-refractivity contribution >= 4 is 17.2 Å². The third-order valence-corrected chi connectivity index (χ3v) is 5.70. The second kappa shape index (κ2) is 4.45. The van der Waals surface area contributed by atoms with Gasteiger partial charge in [-0.3, -0.25) is 4.79 Å². The maximum Gasteiger partial charge on any atom is 0.239 e. The Balaban J connectivity index is 1.64. The van der Waals surface area contributed by atoms with Gasteiger partial charge in [-0.05, 0) is 46.9 Å². The van der Waals surface area contributed by atoms with Crippen LogP contribution in [-0.4, -0.2) is 19.1 Å². The smallest absolute Gasteiger partial charge is 0.239 e. The number of hydrogen-bond donors (Lipinski definition) is 1. The molecule has 25 heavy (non-hydrogen) atoms. The quantitative estimate of drug-likeness (QED) is 0.805. The first-order valence-electron chi connectivity index (χ1n) is 8.71. The number of anilines is 1. The first kappa shape index (κ1) is 13.5. The van der Waals surface area contributed by atoms with Crippen molar-refractivity contribution in [3.8, 4) is 11.5 Å². The molecule has 2 aliphatic heterocycles. The molecule has 1 radical (unpaired) electrons. The van der Waals surface area contributed by atoms with Crippen molar-refractivity contribution in [1.29, 1.82) is 0 Å². The van der Waals surface area contributed by atoms with Crippen LogP contribution in [0.1, 0.15) is 29.5 Å². The molecule has 2 heterocycles. The Kier molecular flexibility index (Phi) is 2.41. The van der Waals surface area contributed by atoms with Gasteiger partial charge in [-0.2, -0.15) is 0 Å². The van der Waals surface area contributed by atoms with Crippen LogP contribution in [0.4, 0.5) is 5.69 Å². The van der Waals surface area contributed by atoms with Gasteiger partial charge < -0.3 is 14.8 Å². The van der Waals surface area contributed by atoms with Crippen molar-refractivity contribution in [2.75, 3.05) is 18.5 Å². The van der Waals surface area contributed by atoms with E-state index in [9.17, 15) is 4.79 Å². The summed E-state index contributed by atoms with van der Waals surface area (Å²) in [5.41, 5.74) is 4.71. The lowest BCUT2D eigenvalue weighted by Crippen LogP contribution is -2.38. The summed E-state index contributed by atoms with van der Waals surface area (Å²) in [5.74, 6) is 2.86. The molecule has 1 spiro atoms. The van der Waals surface area contributed by atoms with Gasteiger partial charge in [0.05, 0.1) is 13.2 Å². The number of carbonyl (C=O) groups is 1. The lowest BCUT2D eigenvalue weighted by molar-refractivity contribution is -0.119. The summed E-state index contributed by atoms with van der Waals surface area (Å²) in [6, 6.07) is 12.1. The molecule has 1 amide bonds. The number of hydrogen-bond acceptors (Lipinski definition) is 3. The summed E-state index contributed by atoms with van der Waals surface area (Å²) >= 11 is 0. The minimum Gasteiger partial charge on any atom is -0.490 e. The van der Waals surface area contributed by atoms with Crippen LogP contribution in [-0.2, 0) is 10.2 Å². The Morgan fingerprint density at radius 3 is 2.68 bits per heavy atom. The van der Waals surface area contributed by atoms with Crippen LogP contribution < -0.4 is 14.8 Å². The zero-order valence-electron chi connectivity index (χ0n) is 13.6. The van der Waals surface area contributed by atoms with Gasteiger partial charge in [0.1, 0.15) is 5.41 Å². The Morgan fingerprint density at radius 2 is 1.80 bits per heavy atom. The molecule has 0 saturated heterocycles. The van der Waals surface area contributed by atoms with Crippen molar-refractivity contribution in [1.82, 2.24) is 0 Å². The number of fused-ring (bicyclic) bond motifs is 7. The highest BCUT2D eigenvalue weighted by atomic mass is 16.5. The molecular formula is C21H16NO3. The molecule has 1 atom stereocenters. The van der Waals surface area contributed by atoms with Crippen LogP contribution >= 0.6 is 0 Å². The monoisotopic (exact) mass is 330 g/mol. The van der Waals surface area contributed by atoms with E-state index in [0.29, 0.717) is 13.2 Å². The maximum atomic E-state index is 13.2. The number of para-hydroxylation sites is 1. The van der Waals surface area contributed by atoms with E-state index >= 15 is 0 Å². The molecule has 1 unspecified atom stereocenters. The molecule has 0 bridgehead atoms.